The van der Waals surface area contributed by atoms with E-state index in [-0.39, 0.29) is 16.8 Å². The number of benzene rings is 1. The molecule has 0 saturated carbocycles. The lowest BCUT2D eigenvalue weighted by molar-refractivity contribution is 0.0954. The molecule has 1 aromatic carbocycles. The molecule has 1 aromatic rings. The Hall–Kier alpha value is -2.21. The molecule has 1 fully saturated rings. The van der Waals surface area contributed by atoms with Crippen molar-refractivity contribution in [3.8, 4) is 0 Å². The van der Waals surface area contributed by atoms with Crippen molar-refractivity contribution in [1.82, 2.24) is 10.3 Å². The van der Waals surface area contributed by atoms with Crippen LogP contribution in [0.2, 0.25) is 0 Å². The number of anilines is 1. The van der Waals surface area contributed by atoms with Gasteiger partial charge >= 0.3 is 0 Å². The number of nitrogens with zero attached hydrogens (tertiary/aromatic N) is 2. The molecule has 0 radical (unpaired) electrons. The smallest absolute Gasteiger partial charge is 0.272 e. The summed E-state index contributed by atoms with van der Waals surface area (Å²) >= 11 is 0. The van der Waals surface area contributed by atoms with Crippen molar-refractivity contribution in [2.45, 2.75) is 32.2 Å². The van der Waals surface area contributed by atoms with Crippen LogP contribution in [0, 0.1) is 5.82 Å². The number of nitrogens with two attached hydrogens (primary N) is 1. The molecule has 3 heterocycles. The third kappa shape index (κ3) is 1.88. The Morgan fingerprint density at radius 2 is 2.22 bits per heavy atom. The van der Waals surface area contributed by atoms with Crippen LogP contribution in [0.25, 0.3) is 5.57 Å². The highest BCUT2D eigenvalue weighted by atomic mass is 19.1. The molecule has 0 bridgehead atoms. The van der Waals surface area contributed by atoms with Crippen molar-refractivity contribution in [2.75, 3.05) is 18.8 Å². The van der Waals surface area contributed by atoms with Gasteiger partial charge in [0.2, 0.25) is 0 Å². The summed E-state index contributed by atoms with van der Waals surface area (Å²) in [6, 6.07) is 2.52. The van der Waals surface area contributed by atoms with Crippen molar-refractivity contribution in [1.29, 1.82) is 0 Å². The quantitative estimate of drug-likeness (QED) is 0.721. The summed E-state index contributed by atoms with van der Waals surface area (Å²) in [7, 11) is 0. The number of amides is 1. The van der Waals surface area contributed by atoms with Crippen molar-refractivity contribution in [3.05, 3.63) is 34.6 Å². The van der Waals surface area contributed by atoms with Crippen molar-refractivity contribution >= 4 is 22.9 Å². The Bertz CT molecular complexity index is 798. The van der Waals surface area contributed by atoms with Gasteiger partial charge in [-0.25, -0.2) is 9.82 Å². The monoisotopic (exact) mass is 314 g/mol. The van der Waals surface area contributed by atoms with Crippen molar-refractivity contribution in [3.63, 3.8) is 0 Å². The van der Waals surface area contributed by atoms with E-state index in [0.29, 0.717) is 12.1 Å². The molecule has 1 atom stereocenters. The zero-order valence-electron chi connectivity index (χ0n) is 13.2. The second-order valence-electron chi connectivity index (χ2n) is 6.72. The summed E-state index contributed by atoms with van der Waals surface area (Å²) in [5, 5.41) is 4.29. The van der Waals surface area contributed by atoms with Crippen LogP contribution in [0.5, 0.6) is 0 Å². The predicted octanol–water partition coefficient (Wildman–Crippen LogP) is 2.15. The number of halogens is 1. The number of carbonyl (C=O) groups excluding carboxylic acids is 1. The molecule has 3 N–H and O–H groups in total. The van der Waals surface area contributed by atoms with Gasteiger partial charge < -0.3 is 5.73 Å². The molecule has 0 unspecified atom stereocenters. The minimum atomic E-state index is -0.511. The van der Waals surface area contributed by atoms with Gasteiger partial charge in [0.15, 0.2) is 0 Å². The number of fused-ring (bicyclic) bond motifs is 4. The van der Waals surface area contributed by atoms with Crippen LogP contribution in [-0.4, -0.2) is 35.1 Å². The van der Waals surface area contributed by atoms with E-state index < -0.39 is 11.7 Å². The first-order valence-corrected chi connectivity index (χ1v) is 7.85. The Morgan fingerprint density at radius 1 is 1.43 bits per heavy atom. The molecular formula is C17H19FN4O. The van der Waals surface area contributed by atoms with E-state index in [1.54, 1.807) is 0 Å². The lowest BCUT2D eigenvalue weighted by Crippen LogP contribution is -2.49. The van der Waals surface area contributed by atoms with Gasteiger partial charge in [0.1, 0.15) is 5.82 Å². The molecule has 0 spiro atoms. The fraction of sp³-hybridized carbons (Fsp3) is 0.412. The summed E-state index contributed by atoms with van der Waals surface area (Å²) < 4.78 is 13.8. The molecule has 23 heavy (non-hydrogen) atoms. The second-order valence-corrected chi connectivity index (χ2v) is 6.72. The summed E-state index contributed by atoms with van der Waals surface area (Å²) in [6.45, 7) is 5.98. The van der Waals surface area contributed by atoms with Crippen molar-refractivity contribution < 1.29 is 9.18 Å². The van der Waals surface area contributed by atoms with Crippen molar-refractivity contribution in [2.24, 2.45) is 5.10 Å². The molecule has 6 heteroatoms. The van der Waals surface area contributed by atoms with E-state index in [1.807, 2.05) is 0 Å². The summed E-state index contributed by atoms with van der Waals surface area (Å²) in [6.07, 6.45) is 2.19. The number of hydrogen-bond donors (Lipinski definition) is 2. The third-order valence-electron chi connectivity index (χ3n) is 5.52. The van der Waals surface area contributed by atoms with Crippen LogP contribution >= 0.6 is 0 Å². The zero-order valence-corrected chi connectivity index (χ0v) is 13.2. The first-order chi connectivity index (χ1) is 10.9. The van der Waals surface area contributed by atoms with Gasteiger partial charge in [0, 0.05) is 28.9 Å². The van der Waals surface area contributed by atoms with Gasteiger partial charge in [-0.3, -0.25) is 9.69 Å². The predicted molar refractivity (Wildman–Crippen MR) is 87.5 cm³/mol. The molecule has 120 valence electrons. The van der Waals surface area contributed by atoms with Gasteiger partial charge in [-0.05, 0) is 50.9 Å². The average Bonchev–Trinajstić information content (AvgIpc) is 2.81. The summed E-state index contributed by atoms with van der Waals surface area (Å²) in [5.74, 6) is -0.929. The van der Waals surface area contributed by atoms with Crippen LogP contribution in [-0.2, 0) is 0 Å². The lowest BCUT2D eigenvalue weighted by Gasteiger charge is -2.42. The Kier molecular flexibility index (Phi) is 2.90. The Balaban J connectivity index is 2.05. The topological polar surface area (TPSA) is 70.7 Å². The summed E-state index contributed by atoms with van der Waals surface area (Å²) in [5.41, 5.74) is 12.6. The molecule has 4 rings (SSSR count). The maximum atomic E-state index is 13.8. The van der Waals surface area contributed by atoms with Crippen LogP contribution in [0.3, 0.4) is 0 Å². The highest BCUT2D eigenvalue weighted by molar-refractivity contribution is 6.30. The molecule has 3 aliphatic heterocycles. The molecule has 0 aliphatic carbocycles. The fourth-order valence-electron chi connectivity index (χ4n) is 4.13. The van der Waals surface area contributed by atoms with Crippen LogP contribution < -0.4 is 11.2 Å². The fourth-order valence-corrected chi connectivity index (χ4v) is 4.13. The van der Waals surface area contributed by atoms with Crippen LogP contribution in [0.15, 0.2) is 22.8 Å². The van der Waals surface area contributed by atoms with Gasteiger partial charge in [0.25, 0.3) is 5.91 Å². The highest BCUT2D eigenvalue weighted by Gasteiger charge is 2.45. The minimum Gasteiger partial charge on any atom is -0.398 e. The number of carbonyl (C=O) groups is 1. The van der Waals surface area contributed by atoms with Crippen LogP contribution in [0.4, 0.5) is 10.1 Å². The van der Waals surface area contributed by atoms with Gasteiger partial charge in [-0.2, -0.15) is 5.10 Å². The van der Waals surface area contributed by atoms with E-state index in [0.717, 1.165) is 36.2 Å². The minimum absolute atomic E-state index is 0.0557. The number of rotatable bonds is 0. The van der Waals surface area contributed by atoms with Gasteiger partial charge in [0.05, 0.1) is 11.3 Å². The SMILES string of the molecule is CC1=C2C(=NNC(=O)c3cc(F)cc(N)c32)CN2CCC[C@]12C. The van der Waals surface area contributed by atoms with E-state index in [9.17, 15) is 9.18 Å². The first-order valence-electron chi connectivity index (χ1n) is 7.85. The van der Waals surface area contributed by atoms with Crippen LogP contribution in [0.1, 0.15) is 42.6 Å². The number of nitrogens with one attached hydrogen (secondary N) is 1. The normalized spacial score (nSPS) is 26.9. The van der Waals surface area contributed by atoms with E-state index in [2.05, 4.69) is 29.3 Å². The molecule has 3 aliphatic rings. The zero-order chi connectivity index (χ0) is 16.4. The number of nitrogen functional groups attached to an aromatic ring is 1. The molecule has 1 amide bonds. The van der Waals surface area contributed by atoms with Gasteiger partial charge in [-0.15, -0.1) is 0 Å². The highest BCUT2D eigenvalue weighted by Crippen LogP contribution is 2.45. The Morgan fingerprint density at radius 3 is 3.00 bits per heavy atom. The summed E-state index contributed by atoms with van der Waals surface area (Å²) in [4.78, 5) is 14.7. The maximum absolute atomic E-state index is 13.8. The Labute approximate surface area is 134 Å². The maximum Gasteiger partial charge on any atom is 0.272 e. The van der Waals surface area contributed by atoms with E-state index in [1.165, 1.54) is 12.1 Å². The third-order valence-corrected chi connectivity index (χ3v) is 5.52. The molecule has 5 nitrogen and oxygen atoms in total. The van der Waals surface area contributed by atoms with E-state index >= 15 is 0 Å². The van der Waals surface area contributed by atoms with E-state index in [4.69, 9.17) is 5.73 Å². The number of hydrazone groups is 1. The average molecular weight is 314 g/mol. The van der Waals surface area contributed by atoms with Gasteiger partial charge in [-0.1, -0.05) is 0 Å². The largest absolute Gasteiger partial charge is 0.398 e. The molecule has 0 aromatic heterocycles. The second kappa shape index (κ2) is 4.64. The lowest BCUT2D eigenvalue weighted by atomic mass is 9.78. The number of hydrogen-bond acceptors (Lipinski definition) is 4. The first kappa shape index (κ1) is 14.4. The molecular weight excluding hydrogens is 295 g/mol. The standard InChI is InChI=1S/C17H19FN4O/c1-9-14-13(8-22-5-3-4-17(9,22)2)20-21-16(23)11-6-10(18)7-12(19)15(11)14/h6-7H,3-5,8,19H2,1-2H3,(H,21,23)/t17-/m1/s1. The molecule has 1 saturated heterocycles.